The second kappa shape index (κ2) is 8.13. The van der Waals surface area contributed by atoms with Gasteiger partial charge < -0.3 is 5.32 Å². The minimum absolute atomic E-state index is 0.707. The van der Waals surface area contributed by atoms with Gasteiger partial charge in [-0.1, -0.05) is 40.0 Å². The predicted octanol–water partition coefficient (Wildman–Crippen LogP) is 4.62. The highest BCUT2D eigenvalue weighted by Crippen LogP contribution is 2.30. The van der Waals surface area contributed by atoms with E-state index >= 15 is 0 Å². The van der Waals surface area contributed by atoms with E-state index in [0.29, 0.717) is 6.04 Å². The van der Waals surface area contributed by atoms with Gasteiger partial charge in [-0.3, -0.25) is 0 Å². The van der Waals surface area contributed by atoms with Gasteiger partial charge in [0.25, 0.3) is 0 Å². The van der Waals surface area contributed by atoms with Gasteiger partial charge in [0.05, 0.1) is 0 Å². The Bertz CT molecular complexity index is 188. The second-order valence-electron chi connectivity index (χ2n) is 6.75. The third kappa shape index (κ3) is 7.08. The Kier molecular flexibility index (Phi) is 7.18. The first-order chi connectivity index (χ1) is 8.08. The first-order valence-electron chi connectivity index (χ1n) is 7.81. The zero-order valence-corrected chi connectivity index (χ0v) is 12.5. The van der Waals surface area contributed by atoms with Crippen LogP contribution in [-0.2, 0) is 0 Å². The fourth-order valence-corrected chi connectivity index (χ4v) is 3.04. The molecule has 0 spiro atoms. The van der Waals surface area contributed by atoms with Crippen molar-refractivity contribution < 1.29 is 0 Å². The van der Waals surface area contributed by atoms with Crippen molar-refractivity contribution in [3.8, 4) is 0 Å². The molecule has 0 aromatic rings. The monoisotopic (exact) mass is 239 g/mol. The lowest BCUT2D eigenvalue weighted by molar-refractivity contribution is 0.264. The molecule has 1 rings (SSSR count). The molecule has 0 heterocycles. The first kappa shape index (κ1) is 15.0. The van der Waals surface area contributed by atoms with Crippen LogP contribution in [0.5, 0.6) is 0 Å². The number of nitrogens with one attached hydrogen (secondary N) is 1. The van der Waals surface area contributed by atoms with Gasteiger partial charge in [-0.15, -0.1) is 0 Å². The largest absolute Gasteiger partial charge is 0.314 e. The van der Waals surface area contributed by atoms with Gasteiger partial charge in [-0.05, 0) is 56.9 Å². The van der Waals surface area contributed by atoms with Crippen LogP contribution < -0.4 is 5.32 Å². The summed E-state index contributed by atoms with van der Waals surface area (Å²) in [4.78, 5) is 0. The molecule has 0 aromatic heterocycles. The van der Waals surface area contributed by atoms with Crippen molar-refractivity contribution in [2.45, 2.75) is 78.7 Å². The highest BCUT2D eigenvalue weighted by atomic mass is 14.9. The molecule has 1 heteroatoms. The van der Waals surface area contributed by atoms with Crippen LogP contribution in [-0.4, -0.2) is 12.6 Å². The van der Waals surface area contributed by atoms with Gasteiger partial charge in [0.1, 0.15) is 0 Å². The molecule has 1 aliphatic rings. The minimum Gasteiger partial charge on any atom is -0.314 e. The molecule has 0 radical (unpaired) electrons. The van der Waals surface area contributed by atoms with Crippen LogP contribution in [0.15, 0.2) is 0 Å². The maximum Gasteiger partial charge on any atom is 0.00388 e. The van der Waals surface area contributed by atoms with Gasteiger partial charge in [0.15, 0.2) is 0 Å². The van der Waals surface area contributed by atoms with Crippen molar-refractivity contribution in [1.29, 1.82) is 0 Å². The van der Waals surface area contributed by atoms with Crippen LogP contribution in [0.4, 0.5) is 0 Å². The lowest BCUT2D eigenvalue weighted by atomic mass is 9.81. The van der Waals surface area contributed by atoms with E-state index in [1.807, 2.05) is 0 Å². The maximum absolute atomic E-state index is 3.70. The van der Waals surface area contributed by atoms with Gasteiger partial charge >= 0.3 is 0 Å². The molecule has 1 aliphatic carbocycles. The highest BCUT2D eigenvalue weighted by Gasteiger charge is 2.18. The Labute approximate surface area is 109 Å². The van der Waals surface area contributed by atoms with E-state index in [2.05, 4.69) is 33.0 Å². The Morgan fingerprint density at radius 2 is 1.88 bits per heavy atom. The summed E-state index contributed by atoms with van der Waals surface area (Å²) in [5, 5.41) is 3.70. The van der Waals surface area contributed by atoms with Gasteiger partial charge in [0, 0.05) is 6.04 Å². The number of hydrogen-bond acceptors (Lipinski definition) is 1. The molecule has 0 aromatic carbocycles. The maximum atomic E-state index is 3.70. The fraction of sp³-hybridized carbons (Fsp3) is 1.00. The lowest BCUT2D eigenvalue weighted by Gasteiger charge is -2.27. The third-order valence-electron chi connectivity index (χ3n) is 4.27. The molecule has 3 atom stereocenters. The fourth-order valence-electron chi connectivity index (χ4n) is 3.04. The zero-order valence-electron chi connectivity index (χ0n) is 12.5. The van der Waals surface area contributed by atoms with Crippen LogP contribution in [0.25, 0.3) is 0 Å². The molecular weight excluding hydrogens is 206 g/mol. The summed E-state index contributed by atoms with van der Waals surface area (Å²) in [6.45, 7) is 10.6. The summed E-state index contributed by atoms with van der Waals surface area (Å²) in [5.41, 5.74) is 0. The Morgan fingerprint density at radius 1 is 1.12 bits per heavy atom. The Balaban J connectivity index is 2.02. The zero-order chi connectivity index (χ0) is 12.7. The van der Waals surface area contributed by atoms with Crippen molar-refractivity contribution in [1.82, 2.24) is 5.32 Å². The average Bonchev–Trinajstić information content (AvgIpc) is 2.26. The summed E-state index contributed by atoms with van der Waals surface area (Å²) < 4.78 is 0. The molecule has 102 valence electrons. The van der Waals surface area contributed by atoms with E-state index in [1.54, 1.807) is 0 Å². The van der Waals surface area contributed by atoms with Crippen LogP contribution in [0.3, 0.4) is 0 Å². The first-order valence-corrected chi connectivity index (χ1v) is 7.81. The molecule has 1 saturated carbocycles. The summed E-state index contributed by atoms with van der Waals surface area (Å²) in [5.74, 6) is 2.83. The normalized spacial score (nSPS) is 27.4. The Hall–Kier alpha value is -0.0400. The van der Waals surface area contributed by atoms with Crippen LogP contribution in [0.1, 0.15) is 72.6 Å². The van der Waals surface area contributed by atoms with Crippen molar-refractivity contribution >= 4 is 0 Å². The van der Waals surface area contributed by atoms with Gasteiger partial charge in [-0.25, -0.2) is 0 Å². The molecule has 0 bridgehead atoms. The van der Waals surface area contributed by atoms with E-state index < -0.39 is 0 Å². The molecule has 0 amide bonds. The van der Waals surface area contributed by atoms with E-state index in [4.69, 9.17) is 0 Å². The average molecular weight is 239 g/mol. The molecule has 3 unspecified atom stereocenters. The van der Waals surface area contributed by atoms with E-state index in [9.17, 15) is 0 Å². The number of hydrogen-bond donors (Lipinski definition) is 1. The number of rotatable bonds is 7. The molecule has 0 saturated heterocycles. The second-order valence-corrected chi connectivity index (χ2v) is 6.75. The lowest BCUT2D eigenvalue weighted by Crippen LogP contribution is -2.29. The summed E-state index contributed by atoms with van der Waals surface area (Å²) >= 11 is 0. The highest BCUT2D eigenvalue weighted by molar-refractivity contribution is 4.72. The summed E-state index contributed by atoms with van der Waals surface area (Å²) in [7, 11) is 0. The third-order valence-corrected chi connectivity index (χ3v) is 4.27. The van der Waals surface area contributed by atoms with Crippen LogP contribution in [0.2, 0.25) is 0 Å². The molecule has 1 fully saturated rings. The van der Waals surface area contributed by atoms with Crippen molar-refractivity contribution in [3.63, 3.8) is 0 Å². The summed E-state index contributed by atoms with van der Waals surface area (Å²) in [6.07, 6.45) is 9.97. The van der Waals surface area contributed by atoms with Crippen molar-refractivity contribution in [2.75, 3.05) is 6.54 Å². The van der Waals surface area contributed by atoms with Crippen LogP contribution in [0, 0.1) is 17.8 Å². The standard InChI is InChI=1S/C16H33N/c1-13(2)8-9-15(4)17-11-10-16-7-5-6-14(3)12-16/h13-17H,5-12H2,1-4H3. The Morgan fingerprint density at radius 3 is 2.53 bits per heavy atom. The van der Waals surface area contributed by atoms with E-state index in [0.717, 1.165) is 17.8 Å². The molecule has 0 aliphatic heterocycles. The van der Waals surface area contributed by atoms with Crippen molar-refractivity contribution in [3.05, 3.63) is 0 Å². The SMILES string of the molecule is CC(C)CCC(C)NCCC1CCCC(C)C1. The predicted molar refractivity (Wildman–Crippen MR) is 77.3 cm³/mol. The molecular formula is C16H33N. The van der Waals surface area contributed by atoms with E-state index in [1.165, 1.54) is 51.5 Å². The van der Waals surface area contributed by atoms with E-state index in [-0.39, 0.29) is 0 Å². The molecule has 1 N–H and O–H groups in total. The van der Waals surface area contributed by atoms with Crippen LogP contribution >= 0.6 is 0 Å². The molecule has 1 nitrogen and oxygen atoms in total. The summed E-state index contributed by atoms with van der Waals surface area (Å²) in [6, 6.07) is 0.707. The van der Waals surface area contributed by atoms with Gasteiger partial charge in [0.2, 0.25) is 0 Å². The topological polar surface area (TPSA) is 12.0 Å². The molecule has 17 heavy (non-hydrogen) atoms. The minimum atomic E-state index is 0.707. The smallest absolute Gasteiger partial charge is 0.00388 e. The van der Waals surface area contributed by atoms with Gasteiger partial charge in [-0.2, -0.15) is 0 Å². The van der Waals surface area contributed by atoms with Crippen molar-refractivity contribution in [2.24, 2.45) is 17.8 Å². The quantitative estimate of drug-likeness (QED) is 0.683.